The maximum atomic E-state index is 4.38. The number of rotatable bonds is 3. The van der Waals surface area contributed by atoms with Gasteiger partial charge in [0.2, 0.25) is 0 Å². The Kier molecular flexibility index (Phi) is 2.78. The summed E-state index contributed by atoms with van der Waals surface area (Å²) >= 11 is 0. The molecule has 0 atom stereocenters. The molecule has 0 bridgehead atoms. The lowest BCUT2D eigenvalue weighted by atomic mass is 10.3. The first-order valence-corrected chi connectivity index (χ1v) is 4.91. The molecule has 0 unspecified atom stereocenters. The minimum absolute atomic E-state index is 0.843. The quantitative estimate of drug-likeness (QED) is 0.815. The lowest BCUT2D eigenvalue weighted by Gasteiger charge is -2.05. The summed E-state index contributed by atoms with van der Waals surface area (Å²) in [6.45, 7) is 2.80. The Morgan fingerprint density at radius 2 is 2.20 bits per heavy atom. The molecule has 2 heterocycles. The molecule has 2 aromatic rings. The van der Waals surface area contributed by atoms with E-state index in [1.807, 2.05) is 37.0 Å². The van der Waals surface area contributed by atoms with Crippen LogP contribution in [0, 0.1) is 6.92 Å². The Balaban J connectivity index is 2.28. The van der Waals surface area contributed by atoms with Crippen LogP contribution in [0.3, 0.4) is 0 Å². The standard InChI is InChI=1S/C11H14N4/c1-9-13-5-6-15(9)11-4-3-10(7-12-2)8-14-11/h3-6,8,12H,7H2,1-2H3. The van der Waals surface area contributed by atoms with E-state index in [2.05, 4.69) is 21.4 Å². The van der Waals surface area contributed by atoms with Crippen molar-refractivity contribution in [1.82, 2.24) is 19.9 Å². The molecule has 0 aliphatic heterocycles. The Hall–Kier alpha value is -1.68. The van der Waals surface area contributed by atoms with Crippen molar-refractivity contribution in [2.24, 2.45) is 0 Å². The number of aryl methyl sites for hydroxylation is 1. The normalized spacial score (nSPS) is 10.5. The zero-order valence-corrected chi connectivity index (χ0v) is 8.94. The molecule has 4 heteroatoms. The summed E-state index contributed by atoms with van der Waals surface area (Å²) in [5, 5.41) is 3.09. The fraction of sp³-hybridized carbons (Fsp3) is 0.273. The highest BCUT2D eigenvalue weighted by molar-refractivity contribution is 5.26. The third-order valence-electron chi connectivity index (χ3n) is 2.26. The van der Waals surface area contributed by atoms with Gasteiger partial charge in [-0.15, -0.1) is 0 Å². The molecule has 2 aromatic heterocycles. The van der Waals surface area contributed by atoms with Gasteiger partial charge in [0.05, 0.1) is 0 Å². The average Bonchev–Trinajstić information content (AvgIpc) is 2.66. The molecule has 0 amide bonds. The second kappa shape index (κ2) is 4.23. The first-order valence-electron chi connectivity index (χ1n) is 4.91. The van der Waals surface area contributed by atoms with Gasteiger partial charge in [0, 0.05) is 25.1 Å². The van der Waals surface area contributed by atoms with Crippen LogP contribution in [0.5, 0.6) is 0 Å². The summed E-state index contributed by atoms with van der Waals surface area (Å²) in [5.74, 6) is 1.86. The Labute approximate surface area is 89.0 Å². The summed E-state index contributed by atoms with van der Waals surface area (Å²) in [6.07, 6.45) is 5.57. The average molecular weight is 202 g/mol. The van der Waals surface area contributed by atoms with E-state index in [1.165, 1.54) is 5.56 Å². The van der Waals surface area contributed by atoms with Gasteiger partial charge in [-0.3, -0.25) is 4.57 Å². The third kappa shape index (κ3) is 2.05. The number of aromatic nitrogens is 3. The Morgan fingerprint density at radius 1 is 1.33 bits per heavy atom. The molecule has 0 spiro atoms. The van der Waals surface area contributed by atoms with Crippen LogP contribution >= 0.6 is 0 Å². The van der Waals surface area contributed by atoms with Crippen LogP contribution in [-0.4, -0.2) is 21.6 Å². The Morgan fingerprint density at radius 3 is 2.73 bits per heavy atom. The van der Waals surface area contributed by atoms with Gasteiger partial charge < -0.3 is 5.32 Å². The van der Waals surface area contributed by atoms with Gasteiger partial charge in [-0.2, -0.15) is 0 Å². The van der Waals surface area contributed by atoms with Gasteiger partial charge in [0.15, 0.2) is 0 Å². The zero-order valence-electron chi connectivity index (χ0n) is 8.94. The van der Waals surface area contributed by atoms with Crippen LogP contribution < -0.4 is 5.32 Å². The summed E-state index contributed by atoms with van der Waals surface area (Å²) < 4.78 is 1.96. The minimum Gasteiger partial charge on any atom is -0.316 e. The maximum Gasteiger partial charge on any atom is 0.137 e. The molecule has 0 saturated carbocycles. The van der Waals surface area contributed by atoms with E-state index in [0.717, 1.165) is 18.2 Å². The van der Waals surface area contributed by atoms with Crippen molar-refractivity contribution in [3.8, 4) is 5.82 Å². The van der Waals surface area contributed by atoms with Crippen molar-refractivity contribution in [2.45, 2.75) is 13.5 Å². The van der Waals surface area contributed by atoms with E-state index < -0.39 is 0 Å². The molecule has 0 saturated heterocycles. The topological polar surface area (TPSA) is 42.7 Å². The largest absolute Gasteiger partial charge is 0.316 e. The molecule has 2 rings (SSSR count). The second-order valence-corrected chi connectivity index (χ2v) is 3.40. The molecule has 0 aliphatic rings. The predicted octanol–water partition coefficient (Wildman–Crippen LogP) is 1.30. The van der Waals surface area contributed by atoms with Gasteiger partial charge in [-0.25, -0.2) is 9.97 Å². The van der Waals surface area contributed by atoms with Gasteiger partial charge in [-0.1, -0.05) is 6.07 Å². The number of hydrogen-bond acceptors (Lipinski definition) is 3. The molecule has 0 radical (unpaired) electrons. The van der Waals surface area contributed by atoms with Crippen LogP contribution in [0.15, 0.2) is 30.7 Å². The lowest BCUT2D eigenvalue weighted by Crippen LogP contribution is -2.06. The maximum absolute atomic E-state index is 4.38. The molecule has 15 heavy (non-hydrogen) atoms. The van der Waals surface area contributed by atoms with E-state index in [-0.39, 0.29) is 0 Å². The van der Waals surface area contributed by atoms with Crippen LogP contribution in [-0.2, 0) is 6.54 Å². The summed E-state index contributed by atoms with van der Waals surface area (Å²) in [4.78, 5) is 8.55. The van der Waals surface area contributed by atoms with Gasteiger partial charge in [0.1, 0.15) is 11.6 Å². The minimum atomic E-state index is 0.843. The molecule has 78 valence electrons. The zero-order chi connectivity index (χ0) is 10.7. The fourth-order valence-corrected chi connectivity index (χ4v) is 1.49. The Bertz CT molecular complexity index is 430. The van der Waals surface area contributed by atoms with Crippen molar-refractivity contribution in [1.29, 1.82) is 0 Å². The molecule has 0 aliphatic carbocycles. The summed E-state index contributed by atoms with van der Waals surface area (Å²) in [7, 11) is 1.92. The third-order valence-corrected chi connectivity index (χ3v) is 2.26. The van der Waals surface area contributed by atoms with Crippen molar-refractivity contribution in [3.63, 3.8) is 0 Å². The first kappa shape index (κ1) is 9.86. The molecular formula is C11H14N4. The highest BCUT2D eigenvalue weighted by atomic mass is 15.1. The molecule has 0 fully saturated rings. The van der Waals surface area contributed by atoms with Crippen LogP contribution in [0.4, 0.5) is 0 Å². The first-order chi connectivity index (χ1) is 7.31. The van der Waals surface area contributed by atoms with Crippen molar-refractivity contribution >= 4 is 0 Å². The smallest absolute Gasteiger partial charge is 0.137 e. The van der Waals surface area contributed by atoms with E-state index in [4.69, 9.17) is 0 Å². The number of hydrogen-bond donors (Lipinski definition) is 1. The molecule has 4 nitrogen and oxygen atoms in total. The number of imidazole rings is 1. The van der Waals surface area contributed by atoms with Crippen molar-refractivity contribution in [2.75, 3.05) is 7.05 Å². The molecular weight excluding hydrogens is 188 g/mol. The van der Waals surface area contributed by atoms with E-state index >= 15 is 0 Å². The van der Waals surface area contributed by atoms with Gasteiger partial charge in [0.25, 0.3) is 0 Å². The van der Waals surface area contributed by atoms with E-state index in [0.29, 0.717) is 0 Å². The fourth-order valence-electron chi connectivity index (χ4n) is 1.49. The van der Waals surface area contributed by atoms with Gasteiger partial charge >= 0.3 is 0 Å². The monoisotopic (exact) mass is 202 g/mol. The predicted molar refractivity (Wildman–Crippen MR) is 58.9 cm³/mol. The summed E-state index contributed by atoms with van der Waals surface area (Å²) in [6, 6.07) is 4.07. The van der Waals surface area contributed by atoms with E-state index in [9.17, 15) is 0 Å². The number of pyridine rings is 1. The number of nitrogens with zero attached hydrogens (tertiary/aromatic N) is 3. The van der Waals surface area contributed by atoms with Crippen LogP contribution in [0.25, 0.3) is 5.82 Å². The molecule has 1 N–H and O–H groups in total. The van der Waals surface area contributed by atoms with Crippen LogP contribution in [0.1, 0.15) is 11.4 Å². The van der Waals surface area contributed by atoms with Crippen LogP contribution in [0.2, 0.25) is 0 Å². The van der Waals surface area contributed by atoms with Crippen molar-refractivity contribution < 1.29 is 0 Å². The summed E-state index contributed by atoms with van der Waals surface area (Å²) in [5.41, 5.74) is 1.18. The second-order valence-electron chi connectivity index (χ2n) is 3.40. The highest BCUT2D eigenvalue weighted by Crippen LogP contribution is 2.07. The number of nitrogens with one attached hydrogen (secondary N) is 1. The van der Waals surface area contributed by atoms with Gasteiger partial charge in [-0.05, 0) is 25.6 Å². The van der Waals surface area contributed by atoms with E-state index in [1.54, 1.807) is 6.20 Å². The lowest BCUT2D eigenvalue weighted by molar-refractivity contribution is 0.809. The molecule has 0 aromatic carbocycles. The highest BCUT2D eigenvalue weighted by Gasteiger charge is 2.00. The van der Waals surface area contributed by atoms with Crippen molar-refractivity contribution in [3.05, 3.63) is 42.1 Å². The SMILES string of the molecule is CNCc1ccc(-n2ccnc2C)nc1.